The van der Waals surface area contributed by atoms with E-state index in [1.54, 1.807) is 24.5 Å². The van der Waals surface area contributed by atoms with Crippen LogP contribution in [0, 0.1) is 11.3 Å². The highest BCUT2D eigenvalue weighted by Gasteiger charge is 2.09. The Hall–Kier alpha value is -3.13. The predicted molar refractivity (Wildman–Crippen MR) is 87.3 cm³/mol. The third kappa shape index (κ3) is 4.97. The van der Waals surface area contributed by atoms with Gasteiger partial charge in [0, 0.05) is 18.9 Å². The second kappa shape index (κ2) is 8.35. The van der Waals surface area contributed by atoms with Crippen LogP contribution in [0.15, 0.2) is 54.4 Å². The number of benzene rings is 1. The largest absolute Gasteiger partial charge is 0.494 e. The van der Waals surface area contributed by atoms with Gasteiger partial charge in [0.05, 0.1) is 6.61 Å². The molecular formula is C18H17N3O2. The smallest absolute Gasteiger partial charge is 0.262 e. The van der Waals surface area contributed by atoms with E-state index in [0.29, 0.717) is 18.9 Å². The number of hydrogen-bond donors (Lipinski definition) is 1. The molecule has 0 aliphatic rings. The zero-order chi connectivity index (χ0) is 16.5. The van der Waals surface area contributed by atoms with E-state index in [1.807, 2.05) is 43.3 Å². The maximum absolute atomic E-state index is 12.1. The monoisotopic (exact) mass is 307 g/mol. The minimum Gasteiger partial charge on any atom is -0.494 e. The van der Waals surface area contributed by atoms with Crippen molar-refractivity contribution in [2.24, 2.45) is 0 Å². The normalized spacial score (nSPS) is 10.7. The van der Waals surface area contributed by atoms with E-state index in [0.717, 1.165) is 11.1 Å². The van der Waals surface area contributed by atoms with Crippen molar-refractivity contribution in [1.29, 1.82) is 5.26 Å². The number of nitriles is 1. The van der Waals surface area contributed by atoms with Gasteiger partial charge < -0.3 is 10.1 Å². The number of carbonyl (C=O) groups excluding carboxylic acids is 1. The summed E-state index contributed by atoms with van der Waals surface area (Å²) in [6.45, 7) is 2.81. The topological polar surface area (TPSA) is 75.0 Å². The molecule has 1 aromatic heterocycles. The molecule has 0 spiro atoms. The molecule has 1 amide bonds. The molecule has 0 radical (unpaired) electrons. The Morgan fingerprint density at radius 3 is 2.83 bits per heavy atom. The Balaban J connectivity index is 2.07. The lowest BCUT2D eigenvalue weighted by molar-refractivity contribution is -0.117. The van der Waals surface area contributed by atoms with E-state index >= 15 is 0 Å². The third-order valence-corrected chi connectivity index (χ3v) is 3.05. The van der Waals surface area contributed by atoms with Gasteiger partial charge in [0.15, 0.2) is 0 Å². The number of nitrogens with zero attached hydrogens (tertiary/aromatic N) is 2. The van der Waals surface area contributed by atoms with Gasteiger partial charge >= 0.3 is 0 Å². The number of rotatable bonds is 6. The first-order valence-electron chi connectivity index (χ1n) is 7.24. The molecule has 116 valence electrons. The Bertz CT molecular complexity index is 733. The zero-order valence-corrected chi connectivity index (χ0v) is 12.8. The summed E-state index contributed by atoms with van der Waals surface area (Å²) in [6, 6.07) is 12.8. The van der Waals surface area contributed by atoms with Crippen molar-refractivity contribution in [3.05, 3.63) is 65.5 Å². The zero-order valence-electron chi connectivity index (χ0n) is 12.8. The van der Waals surface area contributed by atoms with Gasteiger partial charge in [-0.1, -0.05) is 12.1 Å². The summed E-state index contributed by atoms with van der Waals surface area (Å²) in [7, 11) is 0. The molecule has 0 saturated carbocycles. The van der Waals surface area contributed by atoms with Gasteiger partial charge in [-0.2, -0.15) is 5.26 Å². The van der Waals surface area contributed by atoms with E-state index in [9.17, 15) is 10.1 Å². The highest BCUT2D eigenvalue weighted by Crippen LogP contribution is 2.16. The van der Waals surface area contributed by atoms with Gasteiger partial charge in [0.1, 0.15) is 17.4 Å². The van der Waals surface area contributed by atoms with E-state index < -0.39 is 5.91 Å². The molecule has 0 aliphatic heterocycles. The fourth-order valence-corrected chi connectivity index (χ4v) is 1.95. The van der Waals surface area contributed by atoms with Crippen LogP contribution in [0.5, 0.6) is 5.75 Å². The SMILES string of the molecule is CCOc1cccc(/C=C(\C#N)C(=O)NCc2ccncc2)c1. The van der Waals surface area contributed by atoms with Crippen LogP contribution in [0.2, 0.25) is 0 Å². The Kier molecular flexibility index (Phi) is 5.89. The van der Waals surface area contributed by atoms with E-state index in [1.165, 1.54) is 0 Å². The summed E-state index contributed by atoms with van der Waals surface area (Å²) in [6.07, 6.45) is 4.86. The van der Waals surface area contributed by atoms with Crippen LogP contribution in [0.3, 0.4) is 0 Å². The fourth-order valence-electron chi connectivity index (χ4n) is 1.95. The Morgan fingerprint density at radius 2 is 2.13 bits per heavy atom. The number of pyridine rings is 1. The molecule has 0 aliphatic carbocycles. The van der Waals surface area contributed by atoms with Crippen molar-refractivity contribution in [2.45, 2.75) is 13.5 Å². The molecular weight excluding hydrogens is 290 g/mol. The molecule has 2 rings (SSSR count). The lowest BCUT2D eigenvalue weighted by Crippen LogP contribution is -2.23. The maximum atomic E-state index is 12.1. The molecule has 0 fully saturated rings. The fraction of sp³-hybridized carbons (Fsp3) is 0.167. The van der Waals surface area contributed by atoms with Crippen LogP contribution >= 0.6 is 0 Å². The van der Waals surface area contributed by atoms with Crippen LogP contribution in [0.4, 0.5) is 0 Å². The van der Waals surface area contributed by atoms with Gasteiger partial charge in [0.25, 0.3) is 5.91 Å². The minimum absolute atomic E-state index is 0.0488. The first-order valence-corrected chi connectivity index (χ1v) is 7.24. The molecule has 0 saturated heterocycles. The van der Waals surface area contributed by atoms with Crippen molar-refractivity contribution >= 4 is 12.0 Å². The molecule has 1 N–H and O–H groups in total. The number of nitrogens with one attached hydrogen (secondary N) is 1. The molecule has 1 heterocycles. The molecule has 5 nitrogen and oxygen atoms in total. The van der Waals surface area contributed by atoms with Crippen LogP contribution in [-0.4, -0.2) is 17.5 Å². The standard InChI is InChI=1S/C18H17N3O2/c1-2-23-17-5-3-4-15(11-17)10-16(12-19)18(22)21-13-14-6-8-20-9-7-14/h3-11H,2,13H2,1H3,(H,21,22)/b16-10+. The number of hydrogen-bond acceptors (Lipinski definition) is 4. The van der Waals surface area contributed by atoms with Crippen molar-refractivity contribution in [3.8, 4) is 11.8 Å². The summed E-state index contributed by atoms with van der Waals surface area (Å²) in [5.74, 6) is 0.293. The van der Waals surface area contributed by atoms with E-state index in [4.69, 9.17) is 4.74 Å². The summed E-state index contributed by atoms with van der Waals surface area (Å²) in [5, 5.41) is 11.9. The summed E-state index contributed by atoms with van der Waals surface area (Å²) >= 11 is 0. The molecule has 5 heteroatoms. The highest BCUT2D eigenvalue weighted by atomic mass is 16.5. The van der Waals surface area contributed by atoms with Gasteiger partial charge in [-0.3, -0.25) is 9.78 Å². The molecule has 1 aromatic carbocycles. The number of amides is 1. The second-order valence-electron chi connectivity index (χ2n) is 4.71. The average Bonchev–Trinajstić information content (AvgIpc) is 2.59. The summed E-state index contributed by atoms with van der Waals surface area (Å²) < 4.78 is 5.41. The quantitative estimate of drug-likeness (QED) is 0.657. The molecule has 0 bridgehead atoms. The van der Waals surface area contributed by atoms with Crippen molar-refractivity contribution in [3.63, 3.8) is 0 Å². The van der Waals surface area contributed by atoms with Crippen LogP contribution < -0.4 is 10.1 Å². The first-order chi connectivity index (χ1) is 11.2. The predicted octanol–water partition coefficient (Wildman–Crippen LogP) is 2.70. The van der Waals surface area contributed by atoms with Gasteiger partial charge in [-0.25, -0.2) is 0 Å². The molecule has 0 atom stereocenters. The van der Waals surface area contributed by atoms with Gasteiger partial charge in [-0.05, 0) is 48.4 Å². The maximum Gasteiger partial charge on any atom is 0.262 e. The highest BCUT2D eigenvalue weighted by molar-refractivity contribution is 6.01. The minimum atomic E-state index is -0.411. The van der Waals surface area contributed by atoms with Crippen LogP contribution in [0.1, 0.15) is 18.1 Å². The first kappa shape index (κ1) is 16.2. The Labute approximate surface area is 135 Å². The molecule has 0 unspecified atom stereocenters. The summed E-state index contributed by atoms with van der Waals surface area (Å²) in [5.41, 5.74) is 1.71. The average molecular weight is 307 g/mol. The summed E-state index contributed by atoms with van der Waals surface area (Å²) in [4.78, 5) is 16.0. The number of carbonyl (C=O) groups is 1. The third-order valence-electron chi connectivity index (χ3n) is 3.05. The van der Waals surface area contributed by atoms with Crippen molar-refractivity contribution in [1.82, 2.24) is 10.3 Å². The molecule has 2 aromatic rings. The van der Waals surface area contributed by atoms with Gasteiger partial charge in [0.2, 0.25) is 0 Å². The Morgan fingerprint density at radius 1 is 1.35 bits per heavy atom. The van der Waals surface area contributed by atoms with Crippen molar-refractivity contribution in [2.75, 3.05) is 6.61 Å². The van der Waals surface area contributed by atoms with Crippen molar-refractivity contribution < 1.29 is 9.53 Å². The van der Waals surface area contributed by atoms with E-state index in [2.05, 4.69) is 10.3 Å². The van der Waals surface area contributed by atoms with Crippen LogP contribution in [-0.2, 0) is 11.3 Å². The lowest BCUT2D eigenvalue weighted by atomic mass is 10.1. The number of ether oxygens (including phenoxy) is 1. The number of aromatic nitrogens is 1. The van der Waals surface area contributed by atoms with Gasteiger partial charge in [-0.15, -0.1) is 0 Å². The van der Waals surface area contributed by atoms with Crippen LogP contribution in [0.25, 0.3) is 6.08 Å². The van der Waals surface area contributed by atoms with E-state index in [-0.39, 0.29) is 5.57 Å². The lowest BCUT2D eigenvalue weighted by Gasteiger charge is -2.05. The second-order valence-corrected chi connectivity index (χ2v) is 4.71. The molecule has 23 heavy (non-hydrogen) atoms.